The number of anilines is 1. The van der Waals surface area contributed by atoms with Gasteiger partial charge in [-0.15, -0.1) is 0 Å². The summed E-state index contributed by atoms with van der Waals surface area (Å²) < 4.78 is 32.6. The molecular weight excluding hydrogens is 398 g/mol. The molecule has 0 saturated heterocycles. The van der Waals surface area contributed by atoms with Crippen LogP contribution in [0.3, 0.4) is 0 Å². The van der Waals surface area contributed by atoms with Crippen LogP contribution in [0.25, 0.3) is 0 Å². The van der Waals surface area contributed by atoms with Gasteiger partial charge in [-0.25, -0.2) is 13.2 Å². The van der Waals surface area contributed by atoms with Gasteiger partial charge in [-0.2, -0.15) is 4.31 Å². The minimum absolute atomic E-state index is 0.0915. The Morgan fingerprint density at radius 3 is 2.34 bits per heavy atom. The normalized spacial score (nSPS) is 11.3. The molecule has 1 N–H and O–H groups in total. The van der Waals surface area contributed by atoms with Gasteiger partial charge < -0.3 is 14.6 Å². The highest BCUT2D eigenvalue weighted by atomic mass is 32.2. The van der Waals surface area contributed by atoms with Gasteiger partial charge in [0.25, 0.3) is 0 Å². The van der Waals surface area contributed by atoms with E-state index in [-0.39, 0.29) is 23.0 Å². The van der Waals surface area contributed by atoms with E-state index in [1.54, 1.807) is 31.2 Å². The minimum atomic E-state index is -4.00. The third-order valence-electron chi connectivity index (χ3n) is 4.11. The van der Waals surface area contributed by atoms with Crippen LogP contribution in [0.15, 0.2) is 41.4 Å². The zero-order valence-corrected chi connectivity index (χ0v) is 17.4. The summed E-state index contributed by atoms with van der Waals surface area (Å²) >= 11 is 0. The highest BCUT2D eigenvalue weighted by molar-refractivity contribution is 7.89. The summed E-state index contributed by atoms with van der Waals surface area (Å²) in [5, 5.41) is 2.58. The summed E-state index contributed by atoms with van der Waals surface area (Å²) in [5.74, 6) is -1.28. The Morgan fingerprint density at radius 2 is 1.79 bits per heavy atom. The van der Waals surface area contributed by atoms with Crippen LogP contribution >= 0.6 is 0 Å². The first-order valence-corrected chi connectivity index (χ1v) is 10.2. The molecule has 9 nitrogen and oxygen atoms in total. The van der Waals surface area contributed by atoms with E-state index < -0.39 is 28.4 Å². The lowest BCUT2D eigenvalue weighted by atomic mass is 10.1. The van der Waals surface area contributed by atoms with Crippen molar-refractivity contribution in [3.63, 3.8) is 0 Å². The van der Waals surface area contributed by atoms with Crippen LogP contribution in [0.4, 0.5) is 5.69 Å². The number of esters is 1. The van der Waals surface area contributed by atoms with Crippen molar-refractivity contribution in [1.29, 1.82) is 0 Å². The number of benzene rings is 1. The van der Waals surface area contributed by atoms with E-state index >= 15 is 0 Å². The molecule has 0 saturated carbocycles. The Balaban J connectivity index is 2.09. The van der Waals surface area contributed by atoms with Gasteiger partial charge in [0.05, 0.1) is 13.2 Å². The molecule has 156 valence electrons. The molecule has 0 fully saturated rings. The van der Waals surface area contributed by atoms with Crippen molar-refractivity contribution in [3.8, 4) is 0 Å². The summed E-state index contributed by atoms with van der Waals surface area (Å²) in [6.07, 6.45) is 1.29. The topological polar surface area (TPSA) is 115 Å². The predicted octanol–water partition coefficient (Wildman–Crippen LogP) is 1.66. The molecule has 0 bridgehead atoms. The molecule has 0 spiro atoms. The van der Waals surface area contributed by atoms with Crippen LogP contribution in [0.2, 0.25) is 0 Å². The quantitative estimate of drug-likeness (QED) is 0.512. The summed E-state index contributed by atoms with van der Waals surface area (Å²) in [6, 6.07) is 7.47. The second kappa shape index (κ2) is 9.01. The van der Waals surface area contributed by atoms with E-state index in [2.05, 4.69) is 5.32 Å². The lowest BCUT2D eigenvalue weighted by Gasteiger charge is -2.16. The fourth-order valence-corrected chi connectivity index (χ4v) is 3.74. The van der Waals surface area contributed by atoms with Crippen molar-refractivity contribution < 1.29 is 27.5 Å². The number of ketones is 1. The van der Waals surface area contributed by atoms with E-state index in [4.69, 9.17) is 4.74 Å². The van der Waals surface area contributed by atoms with Crippen LogP contribution < -0.4 is 5.32 Å². The van der Waals surface area contributed by atoms with E-state index in [0.717, 1.165) is 4.31 Å². The van der Waals surface area contributed by atoms with Gasteiger partial charge in [-0.05, 0) is 44.2 Å². The molecule has 29 heavy (non-hydrogen) atoms. The number of hydrogen-bond donors (Lipinski definition) is 1. The van der Waals surface area contributed by atoms with Crippen molar-refractivity contribution in [3.05, 3.63) is 47.8 Å². The van der Waals surface area contributed by atoms with Crippen molar-refractivity contribution >= 4 is 33.4 Å². The molecule has 1 aromatic carbocycles. The standard InChI is InChI=1S/C19H23N3O6S/c1-5-28-19(25)17-10-16(11-21(17)3)29(26,27)22(4)12-18(24)20-15-8-6-14(7-9-15)13(2)23/h6-11H,5,12H2,1-4H3,(H,20,24). The number of sulfonamides is 1. The molecule has 0 unspecified atom stereocenters. The predicted molar refractivity (Wildman–Crippen MR) is 106 cm³/mol. The molecule has 0 aliphatic rings. The number of rotatable bonds is 8. The largest absolute Gasteiger partial charge is 0.461 e. The van der Waals surface area contributed by atoms with Gasteiger partial charge in [0, 0.05) is 31.5 Å². The van der Waals surface area contributed by atoms with Gasteiger partial charge >= 0.3 is 5.97 Å². The molecule has 1 aromatic heterocycles. The average molecular weight is 421 g/mol. The summed E-state index contributed by atoms with van der Waals surface area (Å²) in [6.45, 7) is 2.82. The van der Waals surface area contributed by atoms with E-state index in [1.807, 2.05) is 0 Å². The van der Waals surface area contributed by atoms with E-state index in [0.29, 0.717) is 11.3 Å². The van der Waals surface area contributed by atoms with Crippen molar-refractivity contribution in [1.82, 2.24) is 8.87 Å². The molecule has 1 heterocycles. The van der Waals surface area contributed by atoms with Gasteiger partial charge in [0.15, 0.2) is 5.78 Å². The number of nitrogens with one attached hydrogen (secondary N) is 1. The fourth-order valence-electron chi connectivity index (χ4n) is 2.54. The lowest BCUT2D eigenvalue weighted by molar-refractivity contribution is -0.116. The van der Waals surface area contributed by atoms with Crippen molar-refractivity contribution in [2.24, 2.45) is 7.05 Å². The first-order valence-electron chi connectivity index (χ1n) is 8.77. The summed E-state index contributed by atoms with van der Waals surface area (Å²) in [4.78, 5) is 35.3. The number of carbonyl (C=O) groups is 3. The second-order valence-corrected chi connectivity index (χ2v) is 8.38. The molecule has 0 radical (unpaired) electrons. The van der Waals surface area contributed by atoms with Crippen LogP contribution in [0.1, 0.15) is 34.7 Å². The summed E-state index contributed by atoms with van der Waals surface area (Å²) in [5.41, 5.74) is 1.04. The minimum Gasteiger partial charge on any atom is -0.461 e. The number of Topliss-reactive ketones (excluding diaryl/α,β-unsaturated/α-hetero) is 1. The van der Waals surface area contributed by atoms with E-state index in [9.17, 15) is 22.8 Å². The highest BCUT2D eigenvalue weighted by Gasteiger charge is 2.26. The average Bonchev–Trinajstić information content (AvgIpc) is 3.04. The second-order valence-electron chi connectivity index (χ2n) is 6.34. The Labute approximate surface area is 169 Å². The SMILES string of the molecule is CCOC(=O)c1cc(S(=O)(=O)N(C)CC(=O)Nc2ccc(C(C)=O)cc2)cn1C. The maximum atomic E-state index is 12.7. The van der Waals surface area contributed by atoms with Gasteiger partial charge in [-0.3, -0.25) is 9.59 Å². The molecule has 2 rings (SSSR count). The lowest BCUT2D eigenvalue weighted by Crippen LogP contribution is -2.34. The van der Waals surface area contributed by atoms with Crippen molar-refractivity contribution in [2.45, 2.75) is 18.7 Å². The number of ether oxygens (including phenoxy) is 1. The zero-order chi connectivity index (χ0) is 21.8. The molecule has 1 amide bonds. The first kappa shape index (κ1) is 22.3. The highest BCUT2D eigenvalue weighted by Crippen LogP contribution is 2.18. The number of aromatic nitrogens is 1. The number of amides is 1. The van der Waals surface area contributed by atoms with Gasteiger partial charge in [0.1, 0.15) is 10.6 Å². The Hall–Kier alpha value is -2.98. The monoisotopic (exact) mass is 421 g/mol. The van der Waals surface area contributed by atoms with Gasteiger partial charge in [-0.1, -0.05) is 0 Å². The number of nitrogens with zero attached hydrogens (tertiary/aromatic N) is 2. The summed E-state index contributed by atoms with van der Waals surface area (Å²) in [7, 11) is -1.20. The number of aryl methyl sites for hydroxylation is 1. The van der Waals surface area contributed by atoms with Crippen LogP contribution in [0.5, 0.6) is 0 Å². The van der Waals surface area contributed by atoms with E-state index in [1.165, 1.54) is 37.8 Å². The number of likely N-dealkylation sites (N-methyl/N-ethyl adjacent to an activating group) is 1. The number of carbonyl (C=O) groups excluding carboxylic acids is 3. The van der Waals surface area contributed by atoms with Crippen molar-refractivity contribution in [2.75, 3.05) is 25.5 Å². The van der Waals surface area contributed by atoms with Gasteiger partial charge in [0.2, 0.25) is 15.9 Å². The third kappa shape index (κ3) is 5.30. The first-order chi connectivity index (χ1) is 13.6. The zero-order valence-electron chi connectivity index (χ0n) is 16.6. The third-order valence-corrected chi connectivity index (χ3v) is 5.88. The maximum Gasteiger partial charge on any atom is 0.354 e. The molecule has 10 heteroatoms. The van der Waals surface area contributed by atoms with Crippen LogP contribution in [-0.4, -0.2) is 55.1 Å². The Kier molecular flexibility index (Phi) is 6.93. The molecule has 2 aromatic rings. The molecule has 0 aliphatic heterocycles. The Bertz CT molecular complexity index is 1020. The molecular formula is C19H23N3O6S. The number of hydrogen-bond acceptors (Lipinski definition) is 6. The van der Waals surface area contributed by atoms with Crippen LogP contribution in [-0.2, 0) is 26.6 Å². The fraction of sp³-hybridized carbons (Fsp3) is 0.316. The smallest absolute Gasteiger partial charge is 0.354 e. The van der Waals surface area contributed by atoms with Crippen LogP contribution in [0, 0.1) is 0 Å². The molecule has 0 atom stereocenters. The maximum absolute atomic E-state index is 12.7. The molecule has 0 aliphatic carbocycles. The Morgan fingerprint density at radius 1 is 1.17 bits per heavy atom.